The summed E-state index contributed by atoms with van der Waals surface area (Å²) in [5, 5.41) is 2.72. The van der Waals surface area contributed by atoms with Crippen LogP contribution in [0.1, 0.15) is 24.8 Å². The van der Waals surface area contributed by atoms with E-state index in [1.807, 2.05) is 17.0 Å². The van der Waals surface area contributed by atoms with Crippen LogP contribution in [0.2, 0.25) is 0 Å². The van der Waals surface area contributed by atoms with Crippen molar-refractivity contribution >= 4 is 12.0 Å². The quantitative estimate of drug-likeness (QED) is 0.885. The molecule has 1 aromatic rings. The number of carbonyl (C=O) groups is 2. The molecule has 6 nitrogen and oxygen atoms in total. The summed E-state index contributed by atoms with van der Waals surface area (Å²) in [6.07, 6.45) is 5.81. The van der Waals surface area contributed by atoms with Crippen LogP contribution in [0.4, 0.5) is 4.79 Å². The van der Waals surface area contributed by atoms with E-state index < -0.39 is 5.60 Å². The predicted octanol–water partition coefficient (Wildman–Crippen LogP) is 1.12. The lowest BCUT2D eigenvalue weighted by atomic mass is 9.95. The van der Waals surface area contributed by atoms with Gasteiger partial charge in [0.15, 0.2) is 0 Å². The molecular formula is C15H19N3O3. The lowest BCUT2D eigenvalue weighted by Crippen LogP contribution is -2.37. The second-order valence-electron chi connectivity index (χ2n) is 5.70. The van der Waals surface area contributed by atoms with Crippen LogP contribution in [-0.4, -0.2) is 47.1 Å². The minimum absolute atomic E-state index is 0.109. The van der Waals surface area contributed by atoms with Gasteiger partial charge in [0, 0.05) is 31.9 Å². The summed E-state index contributed by atoms with van der Waals surface area (Å²) in [5.74, 6) is 0.109. The third kappa shape index (κ3) is 3.15. The molecule has 0 radical (unpaired) electrons. The van der Waals surface area contributed by atoms with E-state index in [1.54, 1.807) is 12.4 Å². The van der Waals surface area contributed by atoms with Crippen LogP contribution >= 0.6 is 0 Å². The third-order valence-electron chi connectivity index (χ3n) is 4.19. The number of pyridine rings is 1. The molecule has 2 fully saturated rings. The molecule has 112 valence electrons. The van der Waals surface area contributed by atoms with Gasteiger partial charge in [-0.2, -0.15) is 0 Å². The van der Waals surface area contributed by atoms with E-state index in [1.165, 1.54) is 0 Å². The molecule has 0 aromatic carbocycles. The van der Waals surface area contributed by atoms with E-state index in [0.717, 1.165) is 24.9 Å². The Balaban J connectivity index is 1.60. The molecule has 0 bridgehead atoms. The van der Waals surface area contributed by atoms with Gasteiger partial charge in [0.1, 0.15) is 5.60 Å². The Morgan fingerprint density at radius 3 is 3.05 bits per heavy atom. The van der Waals surface area contributed by atoms with Crippen LogP contribution in [0.3, 0.4) is 0 Å². The summed E-state index contributed by atoms with van der Waals surface area (Å²) in [6, 6.07) is 3.75. The van der Waals surface area contributed by atoms with Gasteiger partial charge in [-0.25, -0.2) is 4.79 Å². The van der Waals surface area contributed by atoms with Gasteiger partial charge in [0.2, 0.25) is 5.91 Å². The molecule has 2 saturated heterocycles. The minimum Gasteiger partial charge on any atom is -0.441 e. The maximum atomic E-state index is 12.4. The molecule has 3 heterocycles. The summed E-state index contributed by atoms with van der Waals surface area (Å²) in [6.45, 7) is 1.91. The van der Waals surface area contributed by atoms with Crippen LogP contribution in [0.15, 0.2) is 24.5 Å². The van der Waals surface area contributed by atoms with E-state index in [9.17, 15) is 9.59 Å². The fourth-order valence-electron chi connectivity index (χ4n) is 2.99. The summed E-state index contributed by atoms with van der Waals surface area (Å²) in [7, 11) is 0. The Labute approximate surface area is 123 Å². The highest BCUT2D eigenvalue weighted by atomic mass is 16.6. The lowest BCUT2D eigenvalue weighted by Gasteiger charge is -2.25. The van der Waals surface area contributed by atoms with Crippen LogP contribution < -0.4 is 5.32 Å². The number of ether oxygens (including phenoxy) is 1. The van der Waals surface area contributed by atoms with Crippen molar-refractivity contribution in [2.45, 2.75) is 31.3 Å². The van der Waals surface area contributed by atoms with Crippen molar-refractivity contribution in [1.82, 2.24) is 15.2 Å². The molecule has 3 rings (SSSR count). The highest BCUT2D eigenvalue weighted by molar-refractivity contribution is 5.78. The zero-order valence-electron chi connectivity index (χ0n) is 11.9. The number of carbonyl (C=O) groups excluding carboxylic acids is 2. The van der Waals surface area contributed by atoms with Crippen molar-refractivity contribution in [1.29, 1.82) is 0 Å². The highest BCUT2D eigenvalue weighted by Gasteiger charge is 2.41. The molecule has 1 atom stereocenters. The Morgan fingerprint density at radius 1 is 1.43 bits per heavy atom. The van der Waals surface area contributed by atoms with Crippen molar-refractivity contribution in [3.63, 3.8) is 0 Å². The first-order valence-corrected chi connectivity index (χ1v) is 7.30. The van der Waals surface area contributed by atoms with Crippen molar-refractivity contribution in [3.8, 4) is 0 Å². The summed E-state index contributed by atoms with van der Waals surface area (Å²) in [4.78, 5) is 29.5. The van der Waals surface area contributed by atoms with E-state index >= 15 is 0 Å². The summed E-state index contributed by atoms with van der Waals surface area (Å²) < 4.78 is 5.42. The van der Waals surface area contributed by atoms with Crippen LogP contribution in [-0.2, 0) is 16.0 Å². The average molecular weight is 289 g/mol. The number of alkyl carbamates (subject to hydrolysis) is 1. The van der Waals surface area contributed by atoms with Gasteiger partial charge in [0.25, 0.3) is 0 Å². The fourth-order valence-corrected chi connectivity index (χ4v) is 2.99. The van der Waals surface area contributed by atoms with Gasteiger partial charge < -0.3 is 15.0 Å². The smallest absolute Gasteiger partial charge is 0.407 e. The number of nitrogens with one attached hydrogen (secondary N) is 1. The zero-order valence-corrected chi connectivity index (χ0v) is 11.9. The van der Waals surface area contributed by atoms with E-state index in [0.29, 0.717) is 25.9 Å². The Kier molecular flexibility index (Phi) is 3.77. The summed E-state index contributed by atoms with van der Waals surface area (Å²) >= 11 is 0. The van der Waals surface area contributed by atoms with Gasteiger partial charge >= 0.3 is 6.09 Å². The Bertz CT molecular complexity index is 534. The monoisotopic (exact) mass is 289 g/mol. The molecule has 0 saturated carbocycles. The molecule has 1 spiro atoms. The van der Waals surface area contributed by atoms with E-state index in [2.05, 4.69) is 10.3 Å². The van der Waals surface area contributed by atoms with Gasteiger partial charge in [-0.15, -0.1) is 0 Å². The number of amides is 2. The summed E-state index contributed by atoms with van der Waals surface area (Å²) in [5.41, 5.74) is 0.510. The molecule has 2 amide bonds. The molecule has 1 unspecified atom stereocenters. The number of aromatic nitrogens is 1. The largest absolute Gasteiger partial charge is 0.441 e. The van der Waals surface area contributed by atoms with Gasteiger partial charge in [0.05, 0.1) is 13.0 Å². The topological polar surface area (TPSA) is 71.5 Å². The molecular weight excluding hydrogens is 270 g/mol. The lowest BCUT2D eigenvalue weighted by molar-refractivity contribution is -0.130. The first-order valence-electron chi connectivity index (χ1n) is 7.30. The van der Waals surface area contributed by atoms with E-state index in [-0.39, 0.29) is 12.0 Å². The fraction of sp³-hybridized carbons (Fsp3) is 0.533. The predicted molar refractivity (Wildman–Crippen MR) is 75.6 cm³/mol. The van der Waals surface area contributed by atoms with Crippen molar-refractivity contribution in [3.05, 3.63) is 30.1 Å². The molecule has 2 aliphatic heterocycles. The van der Waals surface area contributed by atoms with Crippen molar-refractivity contribution < 1.29 is 14.3 Å². The van der Waals surface area contributed by atoms with Gasteiger partial charge in [-0.05, 0) is 24.5 Å². The Morgan fingerprint density at radius 2 is 2.33 bits per heavy atom. The minimum atomic E-state index is -0.416. The number of hydrogen-bond acceptors (Lipinski definition) is 4. The van der Waals surface area contributed by atoms with Crippen LogP contribution in [0.25, 0.3) is 0 Å². The Hall–Kier alpha value is -2.11. The van der Waals surface area contributed by atoms with Crippen molar-refractivity contribution in [2.75, 3.05) is 19.6 Å². The third-order valence-corrected chi connectivity index (χ3v) is 4.19. The van der Waals surface area contributed by atoms with Gasteiger partial charge in [-0.3, -0.25) is 9.78 Å². The number of likely N-dealkylation sites (tertiary alicyclic amines) is 1. The molecule has 0 aliphatic carbocycles. The molecule has 1 aromatic heterocycles. The van der Waals surface area contributed by atoms with Gasteiger partial charge in [-0.1, -0.05) is 6.07 Å². The SMILES string of the molecule is O=C1NCC2(CCCN(C(=O)Cc3cccnc3)CC2)O1. The van der Waals surface area contributed by atoms with Crippen LogP contribution in [0.5, 0.6) is 0 Å². The number of nitrogens with zero attached hydrogens (tertiary/aromatic N) is 2. The first kappa shape index (κ1) is 13.9. The zero-order chi connectivity index (χ0) is 14.7. The molecule has 2 aliphatic rings. The van der Waals surface area contributed by atoms with E-state index in [4.69, 9.17) is 4.74 Å². The average Bonchev–Trinajstić information content (AvgIpc) is 2.72. The normalized spacial score (nSPS) is 25.3. The standard InChI is InChI=1S/C15H19N3O3/c19-13(9-12-3-1-6-16-10-12)18-7-2-4-15(5-8-18)11-17-14(20)21-15/h1,3,6,10H,2,4-5,7-9,11H2,(H,17,20). The number of rotatable bonds is 2. The highest BCUT2D eigenvalue weighted by Crippen LogP contribution is 2.29. The van der Waals surface area contributed by atoms with Crippen LogP contribution in [0, 0.1) is 0 Å². The van der Waals surface area contributed by atoms with Crippen molar-refractivity contribution in [2.24, 2.45) is 0 Å². The second-order valence-corrected chi connectivity index (χ2v) is 5.70. The maximum absolute atomic E-state index is 12.4. The molecule has 21 heavy (non-hydrogen) atoms. The first-order chi connectivity index (χ1) is 10.2. The maximum Gasteiger partial charge on any atom is 0.407 e. The second kappa shape index (κ2) is 5.71. The molecule has 6 heteroatoms. The molecule has 1 N–H and O–H groups in total. The number of hydrogen-bond donors (Lipinski definition) is 1.